The summed E-state index contributed by atoms with van der Waals surface area (Å²) in [5.74, 6) is 0.346. The van der Waals surface area contributed by atoms with E-state index in [1.807, 2.05) is 0 Å². The largest absolute Gasteiger partial charge is 0.463 e. The van der Waals surface area contributed by atoms with Crippen molar-refractivity contribution in [2.75, 3.05) is 4.72 Å². The number of nitrogens with one attached hydrogen (secondary N) is 1. The van der Waals surface area contributed by atoms with Crippen LogP contribution in [0.3, 0.4) is 0 Å². The van der Waals surface area contributed by atoms with E-state index in [1.54, 1.807) is 60.9 Å². The van der Waals surface area contributed by atoms with E-state index in [-0.39, 0.29) is 10.8 Å². The summed E-state index contributed by atoms with van der Waals surface area (Å²) in [6.07, 6.45) is 1.96. The van der Waals surface area contributed by atoms with Crippen LogP contribution >= 0.6 is 0 Å². The van der Waals surface area contributed by atoms with Crippen molar-refractivity contribution in [3.63, 3.8) is 0 Å². The lowest BCUT2D eigenvalue weighted by Crippen LogP contribution is -2.25. The Kier molecular flexibility index (Phi) is 4.94. The Balaban J connectivity index is 1.69. The van der Waals surface area contributed by atoms with Gasteiger partial charge in [-0.2, -0.15) is 5.10 Å². The number of hydrazone groups is 1. The summed E-state index contributed by atoms with van der Waals surface area (Å²) in [6.45, 7) is 1.43. The predicted molar refractivity (Wildman–Crippen MR) is 109 cm³/mol. The van der Waals surface area contributed by atoms with Crippen LogP contribution in [0.2, 0.25) is 0 Å². The third-order valence-electron chi connectivity index (χ3n) is 4.66. The van der Waals surface area contributed by atoms with Crippen LogP contribution in [0, 0.1) is 0 Å². The molecule has 148 valence electrons. The van der Waals surface area contributed by atoms with Crippen LogP contribution in [0.1, 0.15) is 30.7 Å². The Hall–Kier alpha value is -3.39. The van der Waals surface area contributed by atoms with Crippen molar-refractivity contribution in [3.8, 4) is 0 Å². The zero-order valence-electron chi connectivity index (χ0n) is 15.6. The first-order chi connectivity index (χ1) is 14.0. The van der Waals surface area contributed by atoms with Crippen molar-refractivity contribution >= 4 is 27.3 Å². The minimum absolute atomic E-state index is 0.164. The zero-order chi connectivity index (χ0) is 20.4. The van der Waals surface area contributed by atoms with Crippen LogP contribution < -0.4 is 4.72 Å². The summed E-state index contributed by atoms with van der Waals surface area (Å²) < 4.78 is 33.7. The van der Waals surface area contributed by atoms with E-state index < -0.39 is 16.1 Å². The first-order valence-corrected chi connectivity index (χ1v) is 10.5. The second-order valence-corrected chi connectivity index (χ2v) is 8.30. The highest BCUT2D eigenvalue weighted by Crippen LogP contribution is 2.37. The zero-order valence-corrected chi connectivity index (χ0v) is 16.5. The molecule has 8 heteroatoms. The highest BCUT2D eigenvalue weighted by Gasteiger charge is 2.34. The van der Waals surface area contributed by atoms with Crippen LogP contribution in [0.25, 0.3) is 0 Å². The fourth-order valence-electron chi connectivity index (χ4n) is 3.32. The van der Waals surface area contributed by atoms with Crippen molar-refractivity contribution in [3.05, 3.63) is 84.3 Å². The maximum absolute atomic E-state index is 12.8. The molecule has 1 aliphatic heterocycles. The number of carbonyl (C=O) groups excluding carboxylic acids is 1. The minimum atomic E-state index is -3.77. The van der Waals surface area contributed by atoms with Gasteiger partial charge in [-0.1, -0.05) is 36.4 Å². The normalized spacial score (nSPS) is 16.5. The SMILES string of the molecule is CC(=O)N1N=C(c2ccco2)C[C@@H]1c1ccccc1NS(=O)(=O)c1ccccc1. The number of hydrogen-bond acceptors (Lipinski definition) is 5. The van der Waals surface area contributed by atoms with Crippen molar-refractivity contribution in [1.82, 2.24) is 5.01 Å². The van der Waals surface area contributed by atoms with Gasteiger partial charge in [0.1, 0.15) is 11.5 Å². The van der Waals surface area contributed by atoms with Crippen LogP contribution in [-0.4, -0.2) is 25.0 Å². The number of anilines is 1. The molecule has 0 unspecified atom stereocenters. The number of carbonyl (C=O) groups is 1. The monoisotopic (exact) mass is 409 g/mol. The van der Waals surface area contributed by atoms with Gasteiger partial charge in [0.15, 0.2) is 0 Å². The molecule has 2 heterocycles. The third-order valence-corrected chi connectivity index (χ3v) is 6.04. The van der Waals surface area contributed by atoms with E-state index >= 15 is 0 Å². The van der Waals surface area contributed by atoms with Gasteiger partial charge in [0.2, 0.25) is 5.91 Å². The van der Waals surface area contributed by atoms with E-state index in [2.05, 4.69) is 9.82 Å². The molecule has 2 aromatic carbocycles. The fourth-order valence-corrected chi connectivity index (χ4v) is 4.43. The molecule has 1 aliphatic rings. The molecule has 4 rings (SSSR count). The van der Waals surface area contributed by atoms with Crippen molar-refractivity contribution in [1.29, 1.82) is 0 Å². The number of nitrogens with zero attached hydrogens (tertiary/aromatic N) is 2. The van der Waals surface area contributed by atoms with Gasteiger partial charge in [-0.05, 0) is 30.3 Å². The lowest BCUT2D eigenvalue weighted by Gasteiger charge is -2.23. The summed E-state index contributed by atoms with van der Waals surface area (Å²) in [5.41, 5.74) is 1.70. The molecule has 0 aliphatic carbocycles. The fraction of sp³-hybridized carbons (Fsp3) is 0.143. The number of furan rings is 1. The van der Waals surface area contributed by atoms with E-state index in [0.29, 0.717) is 29.1 Å². The molecule has 7 nitrogen and oxygen atoms in total. The van der Waals surface area contributed by atoms with Gasteiger partial charge in [0, 0.05) is 18.9 Å². The van der Waals surface area contributed by atoms with Crippen LogP contribution in [0.15, 0.2) is 87.4 Å². The average Bonchev–Trinajstić information content (AvgIpc) is 3.39. The maximum Gasteiger partial charge on any atom is 0.261 e. The molecular weight excluding hydrogens is 390 g/mol. The third kappa shape index (κ3) is 3.79. The molecule has 0 saturated carbocycles. The molecule has 0 saturated heterocycles. The summed E-state index contributed by atoms with van der Waals surface area (Å²) in [6, 6.07) is 18.3. The van der Waals surface area contributed by atoms with Gasteiger partial charge in [-0.25, -0.2) is 13.4 Å². The molecular formula is C21H19N3O4S. The lowest BCUT2D eigenvalue weighted by atomic mass is 9.99. The molecule has 1 atom stereocenters. The van der Waals surface area contributed by atoms with E-state index in [1.165, 1.54) is 24.1 Å². The number of hydrogen-bond donors (Lipinski definition) is 1. The summed E-state index contributed by atoms with van der Waals surface area (Å²) in [7, 11) is -3.77. The molecule has 0 spiro atoms. The molecule has 1 N–H and O–H groups in total. The summed E-state index contributed by atoms with van der Waals surface area (Å²) >= 11 is 0. The van der Waals surface area contributed by atoms with E-state index in [4.69, 9.17) is 4.42 Å². The number of sulfonamides is 1. The maximum atomic E-state index is 12.8. The van der Waals surface area contributed by atoms with Gasteiger partial charge in [0.25, 0.3) is 10.0 Å². The minimum Gasteiger partial charge on any atom is -0.463 e. The van der Waals surface area contributed by atoms with Crippen LogP contribution in [-0.2, 0) is 14.8 Å². The molecule has 1 aromatic heterocycles. The predicted octanol–water partition coefficient (Wildman–Crippen LogP) is 3.78. The number of rotatable bonds is 5. The molecule has 0 fully saturated rings. The Morgan fingerprint density at radius 3 is 2.48 bits per heavy atom. The second-order valence-electron chi connectivity index (χ2n) is 6.61. The van der Waals surface area contributed by atoms with Crippen LogP contribution in [0.4, 0.5) is 5.69 Å². The van der Waals surface area contributed by atoms with Gasteiger partial charge < -0.3 is 4.42 Å². The number of benzene rings is 2. The summed E-state index contributed by atoms with van der Waals surface area (Å²) in [5, 5.41) is 5.78. The quantitative estimate of drug-likeness (QED) is 0.694. The standard InChI is InChI=1S/C21H19N3O4S/c1-15(25)24-20(14-19(22-24)21-12-7-13-28-21)17-10-5-6-11-18(17)23-29(26,27)16-8-3-2-4-9-16/h2-13,20,23H,14H2,1H3/t20-/m1/s1. The van der Waals surface area contributed by atoms with Crippen molar-refractivity contribution in [2.24, 2.45) is 5.10 Å². The molecule has 0 bridgehead atoms. The first-order valence-electron chi connectivity index (χ1n) is 9.03. The average molecular weight is 409 g/mol. The highest BCUT2D eigenvalue weighted by molar-refractivity contribution is 7.92. The van der Waals surface area contributed by atoms with Gasteiger partial charge >= 0.3 is 0 Å². The van der Waals surface area contributed by atoms with Gasteiger partial charge in [0.05, 0.1) is 22.9 Å². The smallest absolute Gasteiger partial charge is 0.261 e. The van der Waals surface area contributed by atoms with Crippen LogP contribution in [0.5, 0.6) is 0 Å². The Labute approximate surface area is 168 Å². The number of para-hydroxylation sites is 1. The number of amides is 1. The molecule has 0 radical (unpaired) electrons. The van der Waals surface area contributed by atoms with Crippen molar-refractivity contribution in [2.45, 2.75) is 24.3 Å². The van der Waals surface area contributed by atoms with Gasteiger partial charge in [-0.3, -0.25) is 9.52 Å². The molecule has 29 heavy (non-hydrogen) atoms. The second kappa shape index (κ2) is 7.56. The molecule has 1 amide bonds. The first kappa shape index (κ1) is 18.9. The summed E-state index contributed by atoms with van der Waals surface area (Å²) in [4.78, 5) is 12.4. The van der Waals surface area contributed by atoms with E-state index in [9.17, 15) is 13.2 Å². The van der Waals surface area contributed by atoms with Crippen molar-refractivity contribution < 1.29 is 17.6 Å². The highest BCUT2D eigenvalue weighted by atomic mass is 32.2. The van der Waals surface area contributed by atoms with Gasteiger partial charge in [-0.15, -0.1) is 0 Å². The topological polar surface area (TPSA) is 92.0 Å². The van der Waals surface area contributed by atoms with E-state index in [0.717, 1.165) is 0 Å². The molecule has 3 aromatic rings. The Morgan fingerprint density at radius 1 is 1.07 bits per heavy atom. The Morgan fingerprint density at radius 2 is 1.79 bits per heavy atom. The lowest BCUT2D eigenvalue weighted by molar-refractivity contribution is -0.130. The Bertz CT molecular complexity index is 1160.